The van der Waals surface area contributed by atoms with Gasteiger partial charge in [0.15, 0.2) is 0 Å². The SMILES string of the molecule is C[C@H](OC[C@@H]1CCNC1)c1ccccn1. The zero-order valence-corrected chi connectivity index (χ0v) is 9.15. The van der Waals surface area contributed by atoms with Gasteiger partial charge in [0.05, 0.1) is 18.4 Å². The van der Waals surface area contributed by atoms with Gasteiger partial charge in [-0.25, -0.2) is 0 Å². The van der Waals surface area contributed by atoms with Gasteiger partial charge < -0.3 is 10.1 Å². The lowest BCUT2D eigenvalue weighted by atomic mass is 10.1. The first kappa shape index (κ1) is 10.6. The van der Waals surface area contributed by atoms with Crippen molar-refractivity contribution in [1.29, 1.82) is 0 Å². The third kappa shape index (κ3) is 3.01. The first-order valence-corrected chi connectivity index (χ1v) is 5.59. The van der Waals surface area contributed by atoms with Crippen LogP contribution in [0.4, 0.5) is 0 Å². The molecule has 1 saturated heterocycles. The highest BCUT2D eigenvalue weighted by Crippen LogP contribution is 2.16. The number of hydrogen-bond donors (Lipinski definition) is 1. The summed E-state index contributed by atoms with van der Waals surface area (Å²) in [5.74, 6) is 0.677. The minimum absolute atomic E-state index is 0.104. The molecule has 0 saturated carbocycles. The van der Waals surface area contributed by atoms with Crippen LogP contribution in [-0.4, -0.2) is 24.7 Å². The smallest absolute Gasteiger partial charge is 0.0966 e. The van der Waals surface area contributed by atoms with Crippen LogP contribution in [-0.2, 0) is 4.74 Å². The van der Waals surface area contributed by atoms with Gasteiger partial charge in [-0.1, -0.05) is 6.07 Å². The van der Waals surface area contributed by atoms with E-state index in [0.29, 0.717) is 5.92 Å². The average Bonchev–Trinajstić information content (AvgIpc) is 2.80. The molecule has 0 aromatic carbocycles. The van der Waals surface area contributed by atoms with Gasteiger partial charge in [-0.2, -0.15) is 0 Å². The number of rotatable bonds is 4. The Labute approximate surface area is 90.9 Å². The Morgan fingerprint density at radius 3 is 3.20 bits per heavy atom. The van der Waals surface area contributed by atoms with Crippen molar-refractivity contribution in [1.82, 2.24) is 10.3 Å². The van der Waals surface area contributed by atoms with Gasteiger partial charge in [0.25, 0.3) is 0 Å². The standard InChI is InChI=1S/C12H18N2O/c1-10(12-4-2-3-6-14-12)15-9-11-5-7-13-8-11/h2-4,6,10-11,13H,5,7-9H2,1H3/t10-,11+/m0/s1. The Hall–Kier alpha value is -0.930. The first-order valence-electron chi connectivity index (χ1n) is 5.59. The first-order chi connectivity index (χ1) is 7.36. The highest BCUT2D eigenvalue weighted by Gasteiger charge is 2.16. The molecule has 15 heavy (non-hydrogen) atoms. The lowest BCUT2D eigenvalue weighted by Crippen LogP contribution is -2.15. The average molecular weight is 206 g/mol. The van der Waals surface area contributed by atoms with Crippen molar-refractivity contribution in [3.8, 4) is 0 Å². The Morgan fingerprint density at radius 2 is 2.53 bits per heavy atom. The van der Waals surface area contributed by atoms with Gasteiger partial charge in [0.1, 0.15) is 0 Å². The predicted octanol–water partition coefficient (Wildman–Crippen LogP) is 1.77. The lowest BCUT2D eigenvalue weighted by molar-refractivity contribution is 0.0410. The van der Waals surface area contributed by atoms with Crippen molar-refractivity contribution in [3.63, 3.8) is 0 Å². The second-order valence-corrected chi connectivity index (χ2v) is 4.09. The quantitative estimate of drug-likeness (QED) is 0.815. The number of hydrogen-bond acceptors (Lipinski definition) is 3. The predicted molar refractivity (Wildman–Crippen MR) is 59.6 cm³/mol. The van der Waals surface area contributed by atoms with Gasteiger partial charge in [0, 0.05) is 12.7 Å². The molecule has 0 bridgehead atoms. The van der Waals surface area contributed by atoms with Crippen LogP contribution in [0.15, 0.2) is 24.4 Å². The molecule has 0 unspecified atom stereocenters. The molecule has 1 aromatic rings. The summed E-state index contributed by atoms with van der Waals surface area (Å²) >= 11 is 0. The summed E-state index contributed by atoms with van der Waals surface area (Å²) in [5, 5.41) is 3.34. The second kappa shape index (κ2) is 5.24. The fraction of sp³-hybridized carbons (Fsp3) is 0.583. The van der Waals surface area contributed by atoms with E-state index in [1.165, 1.54) is 6.42 Å². The molecule has 1 fully saturated rings. The summed E-state index contributed by atoms with van der Waals surface area (Å²) in [4.78, 5) is 4.28. The van der Waals surface area contributed by atoms with Crippen molar-refractivity contribution >= 4 is 0 Å². The number of aromatic nitrogens is 1. The van der Waals surface area contributed by atoms with E-state index in [1.54, 1.807) is 0 Å². The molecule has 2 heterocycles. The van der Waals surface area contributed by atoms with E-state index in [0.717, 1.165) is 25.4 Å². The van der Waals surface area contributed by atoms with E-state index in [9.17, 15) is 0 Å². The molecule has 1 aliphatic rings. The van der Waals surface area contributed by atoms with E-state index in [-0.39, 0.29) is 6.10 Å². The van der Waals surface area contributed by atoms with Crippen molar-refractivity contribution < 1.29 is 4.74 Å². The van der Waals surface area contributed by atoms with Crippen LogP contribution in [0.2, 0.25) is 0 Å². The maximum Gasteiger partial charge on any atom is 0.0966 e. The highest BCUT2D eigenvalue weighted by atomic mass is 16.5. The summed E-state index contributed by atoms with van der Waals surface area (Å²) in [6.07, 6.45) is 3.15. The van der Waals surface area contributed by atoms with Crippen LogP contribution in [0, 0.1) is 5.92 Å². The Balaban J connectivity index is 1.79. The van der Waals surface area contributed by atoms with E-state index in [4.69, 9.17) is 4.74 Å². The fourth-order valence-electron chi connectivity index (χ4n) is 1.84. The topological polar surface area (TPSA) is 34.1 Å². The molecular weight excluding hydrogens is 188 g/mol. The van der Waals surface area contributed by atoms with Gasteiger partial charge in [-0.3, -0.25) is 4.98 Å². The summed E-state index contributed by atoms with van der Waals surface area (Å²) in [7, 11) is 0. The minimum Gasteiger partial charge on any atom is -0.372 e. The van der Waals surface area contributed by atoms with E-state index in [1.807, 2.05) is 24.4 Å². The summed E-state index contributed by atoms with van der Waals surface area (Å²) < 4.78 is 5.81. The summed E-state index contributed by atoms with van der Waals surface area (Å²) in [5.41, 5.74) is 1.02. The molecule has 0 radical (unpaired) electrons. The molecule has 0 spiro atoms. The third-order valence-corrected chi connectivity index (χ3v) is 2.85. The van der Waals surface area contributed by atoms with Gasteiger partial charge in [-0.05, 0) is 37.9 Å². The molecule has 3 nitrogen and oxygen atoms in total. The molecule has 82 valence electrons. The van der Waals surface area contributed by atoms with E-state index < -0.39 is 0 Å². The van der Waals surface area contributed by atoms with Crippen molar-refractivity contribution in [2.24, 2.45) is 5.92 Å². The molecule has 0 amide bonds. The molecule has 1 N–H and O–H groups in total. The highest BCUT2D eigenvalue weighted by molar-refractivity contribution is 5.05. The molecule has 1 aromatic heterocycles. The van der Waals surface area contributed by atoms with Crippen LogP contribution < -0.4 is 5.32 Å². The number of nitrogens with zero attached hydrogens (tertiary/aromatic N) is 1. The number of pyridine rings is 1. The Kier molecular flexibility index (Phi) is 3.69. The summed E-state index contributed by atoms with van der Waals surface area (Å²) in [6, 6.07) is 5.94. The molecule has 3 heteroatoms. The second-order valence-electron chi connectivity index (χ2n) is 4.09. The van der Waals surface area contributed by atoms with E-state index in [2.05, 4.69) is 17.2 Å². The normalized spacial score (nSPS) is 22.9. The van der Waals surface area contributed by atoms with Crippen LogP contribution in [0.25, 0.3) is 0 Å². The number of ether oxygens (including phenoxy) is 1. The van der Waals surface area contributed by atoms with Crippen LogP contribution in [0.1, 0.15) is 25.1 Å². The molecular formula is C12H18N2O. The zero-order valence-electron chi connectivity index (χ0n) is 9.15. The Morgan fingerprint density at radius 1 is 1.60 bits per heavy atom. The van der Waals surface area contributed by atoms with Gasteiger partial charge in [0.2, 0.25) is 0 Å². The maximum absolute atomic E-state index is 5.81. The van der Waals surface area contributed by atoms with Gasteiger partial charge >= 0.3 is 0 Å². The monoisotopic (exact) mass is 206 g/mol. The number of nitrogens with one attached hydrogen (secondary N) is 1. The third-order valence-electron chi connectivity index (χ3n) is 2.85. The molecule has 2 rings (SSSR count). The largest absolute Gasteiger partial charge is 0.372 e. The van der Waals surface area contributed by atoms with Crippen LogP contribution >= 0.6 is 0 Å². The zero-order chi connectivity index (χ0) is 10.5. The molecule has 2 atom stereocenters. The van der Waals surface area contributed by atoms with Crippen LogP contribution in [0.3, 0.4) is 0 Å². The van der Waals surface area contributed by atoms with E-state index >= 15 is 0 Å². The molecule has 0 aliphatic carbocycles. The van der Waals surface area contributed by atoms with Crippen LogP contribution in [0.5, 0.6) is 0 Å². The summed E-state index contributed by atoms with van der Waals surface area (Å²) in [6.45, 7) is 5.12. The fourth-order valence-corrected chi connectivity index (χ4v) is 1.84. The van der Waals surface area contributed by atoms with Gasteiger partial charge in [-0.15, -0.1) is 0 Å². The van der Waals surface area contributed by atoms with Crippen molar-refractivity contribution in [3.05, 3.63) is 30.1 Å². The maximum atomic E-state index is 5.81. The minimum atomic E-state index is 0.104. The Bertz CT molecular complexity index is 283. The lowest BCUT2D eigenvalue weighted by Gasteiger charge is -2.15. The van der Waals surface area contributed by atoms with Crippen molar-refractivity contribution in [2.75, 3.05) is 19.7 Å². The van der Waals surface area contributed by atoms with Crippen molar-refractivity contribution in [2.45, 2.75) is 19.4 Å². The molecule has 1 aliphatic heterocycles.